The average molecular weight is 468 g/mol. The van der Waals surface area contributed by atoms with E-state index in [4.69, 9.17) is 4.42 Å². The number of aromatic hydroxyl groups is 1. The van der Waals surface area contributed by atoms with Crippen LogP contribution in [0.4, 0.5) is 0 Å². The maximum Gasteiger partial charge on any atom is 0.228 e. The third-order valence-electron chi connectivity index (χ3n) is 2.51. The van der Waals surface area contributed by atoms with Crippen LogP contribution in [0.5, 0.6) is 5.75 Å². The molecule has 3 nitrogen and oxygen atoms in total. The second-order valence-corrected chi connectivity index (χ2v) is 6.06. The van der Waals surface area contributed by atoms with Crippen molar-refractivity contribution in [3.63, 3.8) is 0 Å². The molecule has 0 aliphatic heterocycles. The van der Waals surface area contributed by atoms with Gasteiger partial charge in [0.2, 0.25) is 5.78 Å². The van der Waals surface area contributed by atoms with Gasteiger partial charge in [0, 0.05) is 12.0 Å². The summed E-state index contributed by atoms with van der Waals surface area (Å²) in [5.74, 6) is 1.18. The highest BCUT2D eigenvalue weighted by Gasteiger charge is 2.16. The number of hydrogen-bond donors (Lipinski definition) is 1. The molecular weight excluding hydrogens is 458 g/mol. The van der Waals surface area contributed by atoms with Gasteiger partial charge < -0.3 is 9.52 Å². The normalized spacial score (nSPS) is 10.6. The van der Waals surface area contributed by atoms with Crippen LogP contribution in [0.3, 0.4) is 0 Å². The van der Waals surface area contributed by atoms with Crippen LogP contribution in [-0.4, -0.2) is 10.9 Å². The number of halogens is 2. The Kier molecular flexibility index (Phi) is 4.31. The summed E-state index contributed by atoms with van der Waals surface area (Å²) < 4.78 is 6.76. The van der Waals surface area contributed by atoms with E-state index in [-0.39, 0.29) is 11.5 Å². The topological polar surface area (TPSA) is 50.4 Å². The van der Waals surface area contributed by atoms with Gasteiger partial charge in [0.05, 0.1) is 7.14 Å². The fourth-order valence-electron chi connectivity index (χ4n) is 1.53. The minimum Gasteiger partial charge on any atom is -0.506 e. The molecule has 0 unspecified atom stereocenters. The summed E-state index contributed by atoms with van der Waals surface area (Å²) in [5, 5.41) is 9.68. The molecule has 1 aromatic heterocycles. The van der Waals surface area contributed by atoms with Gasteiger partial charge in [-0.25, -0.2) is 0 Å². The Labute approximate surface area is 132 Å². The van der Waals surface area contributed by atoms with Gasteiger partial charge in [-0.05, 0) is 69.4 Å². The Hall–Kier alpha value is -0.570. The largest absolute Gasteiger partial charge is 0.506 e. The molecule has 94 valence electrons. The zero-order valence-corrected chi connectivity index (χ0v) is 13.9. The van der Waals surface area contributed by atoms with Crippen LogP contribution in [0.1, 0.15) is 28.8 Å². The Morgan fingerprint density at radius 1 is 1.28 bits per heavy atom. The standard InChI is InChI=1S/C13H10I2O3/c1-2-8-3-4-11(18-8)12(16)7-5-9(14)13(17)10(15)6-7/h3-6,17H,2H2,1H3. The van der Waals surface area contributed by atoms with Gasteiger partial charge in [-0.15, -0.1) is 0 Å². The maximum atomic E-state index is 12.2. The quantitative estimate of drug-likeness (QED) is 0.548. The Balaban J connectivity index is 2.40. The number of carbonyl (C=O) groups excluding carboxylic acids is 1. The van der Waals surface area contributed by atoms with Crippen molar-refractivity contribution >= 4 is 51.0 Å². The fourth-order valence-corrected chi connectivity index (χ4v) is 3.30. The van der Waals surface area contributed by atoms with E-state index in [1.165, 1.54) is 0 Å². The molecule has 2 aromatic rings. The lowest BCUT2D eigenvalue weighted by atomic mass is 10.1. The maximum absolute atomic E-state index is 12.2. The Bertz CT molecular complexity index is 579. The first kappa shape index (κ1) is 13.9. The zero-order valence-electron chi connectivity index (χ0n) is 9.54. The van der Waals surface area contributed by atoms with Crippen molar-refractivity contribution < 1.29 is 14.3 Å². The molecule has 0 atom stereocenters. The minimum absolute atomic E-state index is 0.162. The highest BCUT2D eigenvalue weighted by atomic mass is 127. The lowest BCUT2D eigenvalue weighted by Gasteiger charge is -2.04. The Morgan fingerprint density at radius 3 is 2.39 bits per heavy atom. The van der Waals surface area contributed by atoms with Gasteiger partial charge in [0.1, 0.15) is 11.5 Å². The van der Waals surface area contributed by atoms with Crippen molar-refractivity contribution in [2.75, 3.05) is 0 Å². The SMILES string of the molecule is CCc1ccc(C(=O)c2cc(I)c(O)c(I)c2)o1. The van der Waals surface area contributed by atoms with Gasteiger partial charge in [-0.3, -0.25) is 4.79 Å². The van der Waals surface area contributed by atoms with Gasteiger partial charge in [0.25, 0.3) is 0 Å². The van der Waals surface area contributed by atoms with E-state index in [0.717, 1.165) is 12.2 Å². The van der Waals surface area contributed by atoms with Crippen LogP contribution in [0.2, 0.25) is 0 Å². The van der Waals surface area contributed by atoms with Crippen molar-refractivity contribution in [2.24, 2.45) is 0 Å². The summed E-state index contributed by atoms with van der Waals surface area (Å²) in [5.41, 5.74) is 0.526. The first-order valence-electron chi connectivity index (χ1n) is 5.34. The van der Waals surface area contributed by atoms with E-state index in [1.807, 2.05) is 58.2 Å². The van der Waals surface area contributed by atoms with Crippen LogP contribution >= 0.6 is 45.2 Å². The molecule has 1 N–H and O–H groups in total. The van der Waals surface area contributed by atoms with E-state index >= 15 is 0 Å². The van der Waals surface area contributed by atoms with Crippen molar-refractivity contribution in [1.82, 2.24) is 0 Å². The van der Waals surface area contributed by atoms with Crippen LogP contribution < -0.4 is 0 Å². The summed E-state index contributed by atoms with van der Waals surface area (Å²) in [6.07, 6.45) is 0.762. The van der Waals surface area contributed by atoms with Crippen LogP contribution in [0.25, 0.3) is 0 Å². The number of phenols is 1. The number of rotatable bonds is 3. The van der Waals surface area contributed by atoms with Crippen molar-refractivity contribution in [3.8, 4) is 5.75 Å². The molecular formula is C13H10I2O3. The molecule has 0 aliphatic carbocycles. The van der Waals surface area contributed by atoms with Crippen LogP contribution in [-0.2, 0) is 6.42 Å². The third-order valence-corrected chi connectivity index (χ3v) is 4.16. The summed E-state index contributed by atoms with van der Waals surface area (Å²) in [7, 11) is 0. The second-order valence-electron chi connectivity index (χ2n) is 3.74. The van der Waals surface area contributed by atoms with E-state index < -0.39 is 0 Å². The molecule has 1 aromatic carbocycles. The number of carbonyl (C=O) groups is 1. The van der Waals surface area contributed by atoms with E-state index in [9.17, 15) is 9.90 Å². The van der Waals surface area contributed by atoms with E-state index in [1.54, 1.807) is 18.2 Å². The number of benzene rings is 1. The molecule has 5 heteroatoms. The highest BCUT2D eigenvalue weighted by molar-refractivity contribution is 14.1. The summed E-state index contributed by atoms with van der Waals surface area (Å²) in [6.45, 7) is 1.97. The molecule has 0 radical (unpaired) electrons. The molecule has 0 fully saturated rings. The number of phenolic OH excluding ortho intramolecular Hbond substituents is 1. The smallest absolute Gasteiger partial charge is 0.228 e. The number of aryl methyl sites for hydroxylation is 1. The van der Waals surface area contributed by atoms with Gasteiger partial charge in [-0.1, -0.05) is 6.92 Å². The van der Waals surface area contributed by atoms with Gasteiger partial charge in [-0.2, -0.15) is 0 Å². The number of hydrogen-bond acceptors (Lipinski definition) is 3. The summed E-state index contributed by atoms with van der Waals surface area (Å²) in [4.78, 5) is 12.2. The zero-order chi connectivity index (χ0) is 13.3. The predicted molar refractivity (Wildman–Crippen MR) is 85.1 cm³/mol. The first-order valence-corrected chi connectivity index (χ1v) is 7.50. The lowest BCUT2D eigenvalue weighted by Crippen LogP contribution is -2.01. The summed E-state index contributed by atoms with van der Waals surface area (Å²) >= 11 is 4.01. The molecule has 0 saturated carbocycles. The molecule has 18 heavy (non-hydrogen) atoms. The second kappa shape index (κ2) is 5.60. The van der Waals surface area contributed by atoms with Crippen LogP contribution in [0, 0.1) is 7.14 Å². The molecule has 0 saturated heterocycles. The van der Waals surface area contributed by atoms with Crippen molar-refractivity contribution in [2.45, 2.75) is 13.3 Å². The monoisotopic (exact) mass is 468 g/mol. The first-order chi connectivity index (χ1) is 8.52. The molecule has 0 bridgehead atoms. The van der Waals surface area contributed by atoms with Gasteiger partial charge in [0.15, 0.2) is 5.76 Å². The summed E-state index contributed by atoms with van der Waals surface area (Å²) in [6, 6.07) is 6.82. The molecule has 1 heterocycles. The van der Waals surface area contributed by atoms with E-state index in [0.29, 0.717) is 18.5 Å². The molecule has 0 amide bonds. The highest BCUT2D eigenvalue weighted by Crippen LogP contribution is 2.28. The number of ketones is 1. The predicted octanol–water partition coefficient (Wildman–Crippen LogP) is 3.99. The fraction of sp³-hybridized carbons (Fsp3) is 0.154. The van der Waals surface area contributed by atoms with Crippen LogP contribution in [0.15, 0.2) is 28.7 Å². The third kappa shape index (κ3) is 2.71. The average Bonchev–Trinajstić information content (AvgIpc) is 2.83. The molecule has 0 spiro atoms. The van der Waals surface area contributed by atoms with E-state index in [2.05, 4.69) is 0 Å². The van der Waals surface area contributed by atoms with Gasteiger partial charge >= 0.3 is 0 Å². The van der Waals surface area contributed by atoms with Crippen molar-refractivity contribution in [3.05, 3.63) is 48.5 Å². The molecule has 0 aliphatic rings. The minimum atomic E-state index is -0.162. The Morgan fingerprint density at radius 2 is 1.89 bits per heavy atom. The molecule has 2 rings (SSSR count). The lowest BCUT2D eigenvalue weighted by molar-refractivity contribution is 0.101. The van der Waals surface area contributed by atoms with Crippen molar-refractivity contribution in [1.29, 1.82) is 0 Å². The number of furan rings is 1.